The molecule has 1 aromatic heterocycles. The van der Waals surface area contributed by atoms with Gasteiger partial charge in [-0.3, -0.25) is 0 Å². The maximum Gasteiger partial charge on any atom is 0.205 e. The molecule has 0 bridgehead atoms. The van der Waals surface area contributed by atoms with Gasteiger partial charge in [0.25, 0.3) is 0 Å². The maximum absolute atomic E-state index is 6.08. The Morgan fingerprint density at radius 2 is 1.94 bits per heavy atom. The zero-order chi connectivity index (χ0) is 12.4. The van der Waals surface area contributed by atoms with Crippen molar-refractivity contribution in [2.45, 2.75) is 57.0 Å². The Morgan fingerprint density at radius 3 is 2.72 bits per heavy atom. The summed E-state index contributed by atoms with van der Waals surface area (Å²) in [5, 5.41) is 0. The molecule has 2 aliphatic rings. The van der Waals surface area contributed by atoms with Crippen LogP contribution >= 0.6 is 0 Å². The normalized spacial score (nSPS) is 26.5. The second kappa shape index (κ2) is 5.31. The van der Waals surface area contributed by atoms with Crippen molar-refractivity contribution < 1.29 is 0 Å². The van der Waals surface area contributed by atoms with Crippen LogP contribution in [0.25, 0.3) is 0 Å². The number of imidazole rings is 1. The third-order valence-corrected chi connectivity index (χ3v) is 4.36. The highest BCUT2D eigenvalue weighted by Gasteiger charge is 2.24. The third-order valence-electron chi connectivity index (χ3n) is 4.36. The predicted molar refractivity (Wildman–Crippen MR) is 73.8 cm³/mol. The molecule has 4 nitrogen and oxygen atoms in total. The molecule has 3 rings (SSSR count). The van der Waals surface area contributed by atoms with Gasteiger partial charge >= 0.3 is 0 Å². The minimum Gasteiger partial charge on any atom is -0.341 e. The Kier molecular flexibility index (Phi) is 3.55. The second-order valence-electron chi connectivity index (χ2n) is 5.77. The lowest BCUT2D eigenvalue weighted by atomic mass is 9.95. The molecule has 0 amide bonds. The van der Waals surface area contributed by atoms with Crippen LogP contribution < -0.4 is 10.6 Å². The zero-order valence-electron chi connectivity index (χ0n) is 11.1. The highest BCUT2D eigenvalue weighted by molar-refractivity contribution is 5.33. The highest BCUT2D eigenvalue weighted by atomic mass is 15.3. The highest BCUT2D eigenvalue weighted by Crippen LogP contribution is 2.31. The van der Waals surface area contributed by atoms with E-state index in [-0.39, 0.29) is 0 Å². The number of rotatable bonds is 2. The molecule has 100 valence electrons. The first-order valence-corrected chi connectivity index (χ1v) is 7.38. The molecule has 4 heteroatoms. The second-order valence-corrected chi connectivity index (χ2v) is 5.77. The van der Waals surface area contributed by atoms with Crippen LogP contribution in [0.2, 0.25) is 0 Å². The molecule has 2 fully saturated rings. The molecular weight excluding hydrogens is 224 g/mol. The molecule has 0 radical (unpaired) electrons. The standard InChI is InChI=1S/C14H24N4/c15-12-5-4-9-17(11-12)14-16-8-10-18(14)13-6-2-1-3-7-13/h8,10,12-13H,1-7,9,11,15H2. The maximum atomic E-state index is 6.08. The van der Waals surface area contributed by atoms with Crippen molar-refractivity contribution in [3.63, 3.8) is 0 Å². The smallest absolute Gasteiger partial charge is 0.205 e. The fourth-order valence-corrected chi connectivity index (χ4v) is 3.39. The molecule has 18 heavy (non-hydrogen) atoms. The molecule has 1 unspecified atom stereocenters. The SMILES string of the molecule is NC1CCCN(c2nccn2C2CCCCC2)C1. The molecule has 1 aromatic rings. The molecule has 0 aromatic carbocycles. The Morgan fingerprint density at radius 1 is 1.11 bits per heavy atom. The number of hydrogen-bond acceptors (Lipinski definition) is 3. The van der Waals surface area contributed by atoms with E-state index < -0.39 is 0 Å². The van der Waals surface area contributed by atoms with Gasteiger partial charge in [0.05, 0.1) is 0 Å². The molecule has 2 heterocycles. The molecule has 0 spiro atoms. The quantitative estimate of drug-likeness (QED) is 0.873. The van der Waals surface area contributed by atoms with E-state index in [1.165, 1.54) is 38.5 Å². The van der Waals surface area contributed by atoms with E-state index in [0.717, 1.165) is 25.5 Å². The Bertz CT molecular complexity index is 381. The number of hydrogen-bond donors (Lipinski definition) is 1. The Balaban J connectivity index is 1.77. The van der Waals surface area contributed by atoms with Crippen molar-refractivity contribution in [3.8, 4) is 0 Å². The first-order chi connectivity index (χ1) is 8.84. The number of nitrogens with two attached hydrogens (primary N) is 1. The summed E-state index contributed by atoms with van der Waals surface area (Å²) < 4.78 is 2.40. The first kappa shape index (κ1) is 12.0. The van der Waals surface area contributed by atoms with Gasteiger partial charge in [-0.25, -0.2) is 4.98 Å². The predicted octanol–water partition coefficient (Wildman–Crippen LogP) is 2.32. The van der Waals surface area contributed by atoms with E-state index in [2.05, 4.69) is 20.6 Å². The van der Waals surface area contributed by atoms with Gasteiger partial charge in [-0.2, -0.15) is 0 Å². The topological polar surface area (TPSA) is 47.1 Å². The van der Waals surface area contributed by atoms with E-state index >= 15 is 0 Å². The van der Waals surface area contributed by atoms with Crippen molar-refractivity contribution >= 4 is 5.95 Å². The van der Waals surface area contributed by atoms with Crippen LogP contribution in [0.15, 0.2) is 12.4 Å². The van der Waals surface area contributed by atoms with E-state index in [1.54, 1.807) is 0 Å². The minimum atomic E-state index is 0.315. The van der Waals surface area contributed by atoms with E-state index in [1.807, 2.05) is 6.20 Å². The van der Waals surface area contributed by atoms with Gasteiger partial charge in [-0.15, -0.1) is 0 Å². The molecular formula is C14H24N4. The zero-order valence-corrected chi connectivity index (χ0v) is 11.1. The van der Waals surface area contributed by atoms with Gasteiger partial charge in [0.1, 0.15) is 0 Å². The van der Waals surface area contributed by atoms with Crippen molar-refractivity contribution in [2.24, 2.45) is 5.73 Å². The van der Waals surface area contributed by atoms with Crippen LogP contribution in [0.4, 0.5) is 5.95 Å². The van der Waals surface area contributed by atoms with Crippen molar-refractivity contribution in [3.05, 3.63) is 12.4 Å². The summed E-state index contributed by atoms with van der Waals surface area (Å²) in [4.78, 5) is 6.96. The third kappa shape index (κ3) is 2.39. The van der Waals surface area contributed by atoms with E-state index in [9.17, 15) is 0 Å². The fraction of sp³-hybridized carbons (Fsp3) is 0.786. The largest absolute Gasteiger partial charge is 0.341 e. The molecule has 1 atom stereocenters. The van der Waals surface area contributed by atoms with Crippen molar-refractivity contribution in [1.82, 2.24) is 9.55 Å². The molecule has 1 aliphatic carbocycles. The van der Waals surface area contributed by atoms with Gasteiger partial charge in [-0.05, 0) is 25.7 Å². The van der Waals surface area contributed by atoms with E-state index in [0.29, 0.717) is 12.1 Å². The van der Waals surface area contributed by atoms with Gasteiger partial charge in [-0.1, -0.05) is 19.3 Å². The minimum absolute atomic E-state index is 0.315. The molecule has 1 aliphatic heterocycles. The summed E-state index contributed by atoms with van der Waals surface area (Å²) in [5.74, 6) is 1.15. The van der Waals surface area contributed by atoms with Crippen molar-refractivity contribution in [1.29, 1.82) is 0 Å². The van der Waals surface area contributed by atoms with Crippen LogP contribution in [0, 0.1) is 0 Å². The number of aromatic nitrogens is 2. The number of nitrogens with zero attached hydrogens (tertiary/aromatic N) is 3. The Hall–Kier alpha value is -1.03. The summed E-state index contributed by atoms with van der Waals surface area (Å²) in [6.45, 7) is 2.07. The van der Waals surface area contributed by atoms with Crippen LogP contribution in [-0.2, 0) is 0 Å². The summed E-state index contributed by atoms with van der Waals surface area (Å²) >= 11 is 0. The summed E-state index contributed by atoms with van der Waals surface area (Å²) in [6, 6.07) is 0.977. The number of piperidine rings is 1. The van der Waals surface area contributed by atoms with Gasteiger partial charge < -0.3 is 15.2 Å². The van der Waals surface area contributed by atoms with Crippen LogP contribution in [-0.4, -0.2) is 28.7 Å². The number of anilines is 1. The average Bonchev–Trinajstić information content (AvgIpc) is 2.89. The van der Waals surface area contributed by atoms with Gasteiger partial charge in [0, 0.05) is 37.6 Å². The van der Waals surface area contributed by atoms with Crippen molar-refractivity contribution in [2.75, 3.05) is 18.0 Å². The van der Waals surface area contributed by atoms with E-state index in [4.69, 9.17) is 5.73 Å². The van der Waals surface area contributed by atoms with Crippen LogP contribution in [0.3, 0.4) is 0 Å². The lowest BCUT2D eigenvalue weighted by molar-refractivity contribution is 0.350. The summed E-state index contributed by atoms with van der Waals surface area (Å²) in [5.41, 5.74) is 6.08. The van der Waals surface area contributed by atoms with Crippen LogP contribution in [0.5, 0.6) is 0 Å². The fourth-order valence-electron chi connectivity index (χ4n) is 3.39. The summed E-state index contributed by atoms with van der Waals surface area (Å²) in [7, 11) is 0. The van der Waals surface area contributed by atoms with Gasteiger partial charge in [0.15, 0.2) is 0 Å². The molecule has 1 saturated carbocycles. The first-order valence-electron chi connectivity index (χ1n) is 7.38. The van der Waals surface area contributed by atoms with Gasteiger partial charge in [0.2, 0.25) is 5.95 Å². The summed E-state index contributed by atoms with van der Waals surface area (Å²) in [6.07, 6.45) is 13.2. The molecule has 1 saturated heterocycles. The lowest BCUT2D eigenvalue weighted by Gasteiger charge is -2.34. The Labute approximate surface area is 109 Å². The monoisotopic (exact) mass is 248 g/mol. The lowest BCUT2D eigenvalue weighted by Crippen LogP contribution is -2.44. The molecule has 2 N–H and O–H groups in total. The average molecular weight is 248 g/mol. The van der Waals surface area contributed by atoms with Crippen LogP contribution in [0.1, 0.15) is 51.0 Å².